The van der Waals surface area contributed by atoms with Crippen molar-refractivity contribution in [2.75, 3.05) is 69.1 Å². The Hall–Kier alpha value is -8.59. The van der Waals surface area contributed by atoms with Gasteiger partial charge in [0.1, 0.15) is 41.1 Å². The smallest absolute Gasteiger partial charge is 1.00 e. The fourth-order valence-electron chi connectivity index (χ4n) is 10.2. The number of fused-ring (bicyclic) bond motifs is 1. The molecular weight excluding hydrogens is 1980 g/mol. The van der Waals surface area contributed by atoms with Crippen LogP contribution in [0.5, 0.6) is 5.75 Å². The summed E-state index contributed by atoms with van der Waals surface area (Å²) >= 11 is 6.40. The summed E-state index contributed by atoms with van der Waals surface area (Å²) in [5.74, 6) is -27.0. The summed E-state index contributed by atoms with van der Waals surface area (Å²) in [7, 11) is 6.19. The average Bonchev–Trinajstić information content (AvgIpc) is 0.953. The SMILES string of the molecule is CC(C)(C)[O-].COC(=O)C(=Cc1c(F)ccc(F)c1F)C(=O)OC.COC(=O)C(C(=O)OC)C(Sc1ccc(C(F)(F)F)cc1)c1c(F)ccc(F)c1F.COC(=O)CC(=O)OC.Cc1ccc(S)cc1.O=Cc1c(F)ccc(F)c1F.OCC(CO)C(Sc1ccc(C(F)(F)F)cc1)c1c(F)ccc(F)c1F.OC[C@@H]1COc2c(F)ccc(F)c2[C@H]1Sc1ccc(C(F)(F)F)cc1.[AlH3].[H-].[K+].[Li+]. The van der Waals surface area contributed by atoms with Gasteiger partial charge in [0, 0.05) is 71.8 Å². The van der Waals surface area contributed by atoms with Gasteiger partial charge >= 0.3 is 125 Å². The molecule has 10 rings (SSSR count). The van der Waals surface area contributed by atoms with Crippen molar-refractivity contribution in [3.63, 3.8) is 0 Å². The van der Waals surface area contributed by atoms with Gasteiger partial charge in [0.25, 0.3) is 0 Å². The van der Waals surface area contributed by atoms with Gasteiger partial charge in [-0.3, -0.25) is 24.0 Å². The first-order valence-electron chi connectivity index (χ1n) is 37.2. The molecule has 0 bridgehead atoms. The number of carbonyl (C=O) groups is 7. The quantitative estimate of drug-likeness (QED) is 0.00445. The van der Waals surface area contributed by atoms with Crippen LogP contribution in [0, 0.1) is 106 Å². The number of aldehydes is 1. The Labute approximate surface area is 847 Å². The molecule has 0 spiro atoms. The number of methoxy groups -OCH3 is 6. The Morgan fingerprint density at radius 3 is 1.14 bits per heavy atom. The minimum Gasteiger partial charge on any atom is -1.00 e. The van der Waals surface area contributed by atoms with E-state index in [1.54, 1.807) is 20.8 Å². The van der Waals surface area contributed by atoms with Crippen LogP contribution in [0.25, 0.3) is 6.08 Å². The summed E-state index contributed by atoms with van der Waals surface area (Å²) in [4.78, 5) is 79.1. The zero-order valence-corrected chi connectivity index (χ0v) is 79.0. The van der Waals surface area contributed by atoms with Crippen LogP contribution in [0.1, 0.15) is 99.2 Å². The maximum atomic E-state index is 14.4. The number of rotatable bonds is 21. The Balaban J connectivity index is 0. The van der Waals surface area contributed by atoms with E-state index in [4.69, 9.17) is 4.74 Å². The number of esters is 6. The number of benzene rings is 9. The van der Waals surface area contributed by atoms with Crippen LogP contribution in [-0.4, -0.2) is 149 Å². The number of alkyl halides is 9. The molecule has 0 aromatic heterocycles. The van der Waals surface area contributed by atoms with Gasteiger partial charge in [0.05, 0.1) is 88.9 Å². The summed E-state index contributed by atoms with van der Waals surface area (Å²) in [6.45, 7) is 5.30. The summed E-state index contributed by atoms with van der Waals surface area (Å²) in [6, 6.07) is 26.5. The molecule has 1 aliphatic heterocycles. The fourth-order valence-corrected chi connectivity index (χ4v) is 14.2. The molecule has 136 heavy (non-hydrogen) atoms. The van der Waals surface area contributed by atoms with Crippen LogP contribution in [0.2, 0.25) is 0 Å². The molecule has 18 nitrogen and oxygen atoms in total. The molecule has 0 fully saturated rings. The number of hydrogen-bond acceptors (Lipinski definition) is 22. The van der Waals surface area contributed by atoms with Gasteiger partial charge in [0.15, 0.2) is 87.7 Å². The first-order chi connectivity index (χ1) is 62.1. The Bertz CT molecular complexity index is 5350. The van der Waals surface area contributed by atoms with Crippen molar-refractivity contribution in [3.05, 3.63) is 295 Å². The minimum atomic E-state index is -4.62. The van der Waals surface area contributed by atoms with Gasteiger partial charge in [-0.2, -0.15) is 39.5 Å². The minimum absolute atomic E-state index is 0. The third-order valence-electron chi connectivity index (χ3n) is 16.8. The molecule has 0 radical (unpaired) electrons. The van der Waals surface area contributed by atoms with Crippen LogP contribution < -0.4 is 80.1 Å². The first kappa shape index (κ1) is 127. The third kappa shape index (κ3) is 40.3. The van der Waals surface area contributed by atoms with Crippen LogP contribution >= 0.6 is 47.9 Å². The monoisotopic (exact) mass is 2060 g/mol. The van der Waals surface area contributed by atoms with Crippen LogP contribution in [0.4, 0.5) is 101 Å². The maximum Gasteiger partial charge on any atom is 1.00 e. The fraction of sp³-hybridized carbons (Fsp3) is 0.284. The zero-order valence-electron chi connectivity index (χ0n) is 73.5. The van der Waals surface area contributed by atoms with Crippen LogP contribution in [-0.2, 0) is 75.7 Å². The predicted molar refractivity (Wildman–Crippen MR) is 448 cm³/mol. The number of aliphatic hydroxyl groups is 3. The standard InChI is InChI=1S/C19H14F6O4S.C17H14F6O2S.C17H13F5O2S.C12H9F3O4.C7H3F3O.C7H8S.C5H8O4.C4H9O.Al.K.Li.4H/c1-28-17(26)14(18(27)29-2)16(13-11(20)7-8-12(21)15(13)22)30-10-5-3-9(4-6-10)19(23,24)25;18-12-5-6-13(19)15(20)14(12)16(9(7-24)8-25)26-11-3-1-10(2-4-11)17(21,22)23;18-12-5-6-13(19)15-14(12)16(9(7-23)8-24-15)25-11-3-1-10(2-4-11)17(20,21)22;1-18-11(16)7(12(17)19-2)5-6-8(13)3-4-9(14)10(6)15;8-5-1-2-6(9)7(10)4(5)3-11;1-6-2-4-7(8)5-3-6;1-8-4(6)3-5(7)9-2;1-4(2,3)5;;;;;;;/h3-8,14,16H,1-2H3;1-6,9,16,24-25H,7-8H2;1-6,9,16,23H,7-8H2;3-5H,1-2H3;1-3H;2-5,8H,1H3;3H2,1-2H3;1-3H3;;;;;;;/q;;;;;;;-1;;2*+1;;;;-1/t;;9-,16+;;;;;;;;;;;;/m..1............/s1. The van der Waals surface area contributed by atoms with Crippen molar-refractivity contribution < 1.29 is 260 Å². The number of aliphatic hydroxyl groups excluding tert-OH is 3. The van der Waals surface area contributed by atoms with Gasteiger partial charge in [0.2, 0.25) is 0 Å². The largest absolute Gasteiger partial charge is 1.00 e. The topological polar surface area (TPSA) is 268 Å². The summed E-state index contributed by atoms with van der Waals surface area (Å²) < 4.78 is 335. The third-order valence-corrected chi connectivity index (χ3v) is 21.3. The summed E-state index contributed by atoms with van der Waals surface area (Å²) in [6.07, 6.45) is -13.4. The number of carbonyl (C=O) groups excluding carboxylic acids is 7. The molecule has 0 saturated heterocycles. The molecule has 48 heteroatoms. The van der Waals surface area contributed by atoms with Crippen molar-refractivity contribution in [1.29, 1.82) is 0 Å². The summed E-state index contributed by atoms with van der Waals surface area (Å²) in [5.41, 5.74) is -6.31. The molecule has 3 N–H and O–H groups in total. The van der Waals surface area contributed by atoms with Crippen molar-refractivity contribution in [2.45, 2.75) is 93.6 Å². The van der Waals surface area contributed by atoms with Crippen molar-refractivity contribution in [1.82, 2.24) is 0 Å². The number of aryl methyl sites for hydroxylation is 1. The maximum absolute atomic E-state index is 14.4. The first-order valence-corrected chi connectivity index (χ1v) is 40.2. The van der Waals surface area contributed by atoms with Gasteiger partial charge < -0.3 is 55.0 Å². The van der Waals surface area contributed by atoms with E-state index in [0.29, 0.717) is 83.4 Å². The molecule has 2 unspecified atom stereocenters. The van der Waals surface area contributed by atoms with Crippen LogP contribution in [0.15, 0.2) is 183 Å². The molecule has 4 atom stereocenters. The molecule has 0 saturated carbocycles. The zero-order chi connectivity index (χ0) is 101. The number of halogens is 23. The van der Waals surface area contributed by atoms with E-state index in [2.05, 4.69) is 48.0 Å². The van der Waals surface area contributed by atoms with Crippen molar-refractivity contribution in [2.24, 2.45) is 17.8 Å². The molecular formula is C88H82AlF23KLiO18S4. The number of ether oxygens (including phenoxy) is 7. The molecule has 1 heterocycles. The molecule has 0 aliphatic carbocycles. The van der Waals surface area contributed by atoms with Gasteiger partial charge in [-0.25, -0.2) is 71.1 Å². The average molecular weight is 2070 g/mol. The normalized spacial score (nSPS) is 12.7. The Morgan fingerprint density at radius 2 is 0.801 bits per heavy atom. The molecule has 1 aliphatic rings. The predicted octanol–water partition coefficient (Wildman–Crippen LogP) is 13.1. The van der Waals surface area contributed by atoms with E-state index in [0.717, 1.165) is 118 Å². The Kier molecular flexibility index (Phi) is 56.6. The van der Waals surface area contributed by atoms with Crippen LogP contribution in [0.3, 0.4) is 0 Å². The summed E-state index contributed by atoms with van der Waals surface area (Å²) in [5, 5.41) is 34.7. The molecule has 732 valence electrons. The van der Waals surface area contributed by atoms with E-state index >= 15 is 0 Å². The van der Waals surface area contributed by atoms with E-state index in [-0.39, 0.29) is 136 Å². The second-order valence-electron chi connectivity index (χ2n) is 27.3. The van der Waals surface area contributed by atoms with E-state index in [9.17, 15) is 155 Å². The van der Waals surface area contributed by atoms with E-state index in [1.807, 2.05) is 24.3 Å². The molecule has 9 aromatic carbocycles. The second kappa shape index (κ2) is 60.4. The van der Waals surface area contributed by atoms with Gasteiger partial charge in [-0.05, 0) is 159 Å². The number of thioether (sulfide) groups is 3. The van der Waals surface area contributed by atoms with E-state index in [1.165, 1.54) is 31.9 Å². The molecule has 9 aromatic rings. The number of hydrogen-bond donors (Lipinski definition) is 4. The Morgan fingerprint density at radius 1 is 0.471 bits per heavy atom. The second-order valence-corrected chi connectivity index (χ2v) is 31.5. The van der Waals surface area contributed by atoms with Gasteiger partial charge in [-0.15, -0.1) is 53.5 Å². The van der Waals surface area contributed by atoms with Crippen molar-refractivity contribution in [3.8, 4) is 5.75 Å². The van der Waals surface area contributed by atoms with Crippen molar-refractivity contribution >= 4 is 113 Å². The van der Waals surface area contributed by atoms with E-state index < -0.39 is 233 Å². The van der Waals surface area contributed by atoms with Gasteiger partial charge in [-0.1, -0.05) is 38.5 Å². The number of thiol groups is 1. The molecule has 0 amide bonds.